The van der Waals surface area contributed by atoms with Gasteiger partial charge < -0.3 is 11.1 Å². The van der Waals surface area contributed by atoms with E-state index in [1.807, 2.05) is 54.6 Å². The zero-order chi connectivity index (χ0) is 21.5. The smallest absolute Gasteiger partial charge is 0.223 e. The van der Waals surface area contributed by atoms with Gasteiger partial charge in [-0.3, -0.25) is 4.79 Å². The van der Waals surface area contributed by atoms with Gasteiger partial charge >= 0.3 is 0 Å². The Balaban J connectivity index is 1.55. The Hall–Kier alpha value is -3.05. The minimum atomic E-state index is -0.272. The summed E-state index contributed by atoms with van der Waals surface area (Å²) in [6, 6.07) is 21.9. The highest BCUT2D eigenvalue weighted by Crippen LogP contribution is 2.29. The molecule has 5 heteroatoms. The molecule has 2 aromatic carbocycles. The molecule has 4 rings (SSSR count). The summed E-state index contributed by atoms with van der Waals surface area (Å²) in [7, 11) is 0. The molecule has 31 heavy (non-hydrogen) atoms. The zero-order valence-electron chi connectivity index (χ0n) is 17.8. The average molecular weight is 415 g/mol. The summed E-state index contributed by atoms with van der Waals surface area (Å²) in [5.41, 5.74) is 8.86. The molecule has 1 atom stereocenters. The van der Waals surface area contributed by atoms with Crippen LogP contribution in [0, 0.1) is 11.8 Å². The van der Waals surface area contributed by atoms with Crippen LogP contribution in [0.25, 0.3) is 11.3 Å². The molecule has 160 valence electrons. The Morgan fingerprint density at radius 1 is 0.968 bits per heavy atom. The first-order valence-electron chi connectivity index (χ1n) is 11.2. The van der Waals surface area contributed by atoms with Crippen molar-refractivity contribution < 1.29 is 4.79 Å². The molecule has 0 spiro atoms. The molecular formula is C26H30N4O. The lowest BCUT2D eigenvalue weighted by molar-refractivity contribution is -0.127. The molecule has 0 unspecified atom stereocenters. The van der Waals surface area contributed by atoms with E-state index in [9.17, 15) is 4.79 Å². The van der Waals surface area contributed by atoms with Gasteiger partial charge in [0.2, 0.25) is 5.91 Å². The molecule has 0 radical (unpaired) electrons. The van der Waals surface area contributed by atoms with Crippen LogP contribution >= 0.6 is 0 Å². The summed E-state index contributed by atoms with van der Waals surface area (Å²) in [4.78, 5) is 22.5. The maximum Gasteiger partial charge on any atom is 0.223 e. The van der Waals surface area contributed by atoms with Crippen LogP contribution < -0.4 is 11.1 Å². The first kappa shape index (κ1) is 21.2. The summed E-state index contributed by atoms with van der Waals surface area (Å²) in [5, 5.41) is 3.27. The number of hydrogen-bond acceptors (Lipinski definition) is 4. The molecule has 1 aliphatic rings. The molecule has 5 nitrogen and oxygen atoms in total. The van der Waals surface area contributed by atoms with Crippen LogP contribution in [0.2, 0.25) is 0 Å². The normalized spacial score (nSPS) is 19.5. The Morgan fingerprint density at radius 2 is 1.65 bits per heavy atom. The summed E-state index contributed by atoms with van der Waals surface area (Å²) < 4.78 is 0. The van der Waals surface area contributed by atoms with E-state index < -0.39 is 0 Å². The van der Waals surface area contributed by atoms with Gasteiger partial charge in [0.05, 0.1) is 11.7 Å². The third-order valence-electron chi connectivity index (χ3n) is 6.21. The number of nitrogens with zero attached hydrogens (tertiary/aromatic N) is 2. The molecule has 3 aromatic rings. The first-order chi connectivity index (χ1) is 15.2. The van der Waals surface area contributed by atoms with Gasteiger partial charge in [-0.05, 0) is 56.2 Å². The molecule has 1 aromatic heterocycles. The second-order valence-corrected chi connectivity index (χ2v) is 8.37. The monoisotopic (exact) mass is 414 g/mol. The van der Waals surface area contributed by atoms with E-state index in [0.717, 1.165) is 42.5 Å². The summed E-state index contributed by atoms with van der Waals surface area (Å²) in [6.07, 6.45) is 6.29. The van der Waals surface area contributed by atoms with Crippen molar-refractivity contribution in [1.82, 2.24) is 15.3 Å². The molecule has 1 fully saturated rings. The van der Waals surface area contributed by atoms with Crippen LogP contribution in [0.5, 0.6) is 0 Å². The van der Waals surface area contributed by atoms with Crippen molar-refractivity contribution in [2.24, 2.45) is 17.6 Å². The molecular weight excluding hydrogens is 384 g/mol. The van der Waals surface area contributed by atoms with Crippen molar-refractivity contribution >= 4 is 5.91 Å². The third kappa shape index (κ3) is 5.56. The zero-order valence-corrected chi connectivity index (χ0v) is 17.8. The highest BCUT2D eigenvalue weighted by molar-refractivity contribution is 5.79. The van der Waals surface area contributed by atoms with Gasteiger partial charge in [0, 0.05) is 17.7 Å². The number of amides is 1. The minimum Gasteiger partial charge on any atom is -0.345 e. The Labute approximate surface area is 184 Å². The molecule has 3 N–H and O–H groups in total. The minimum absolute atomic E-state index is 0.0402. The highest BCUT2D eigenvalue weighted by atomic mass is 16.1. The van der Waals surface area contributed by atoms with Crippen LogP contribution in [-0.4, -0.2) is 22.4 Å². The van der Waals surface area contributed by atoms with Crippen LogP contribution in [0.3, 0.4) is 0 Å². The molecule has 1 saturated carbocycles. The lowest BCUT2D eigenvalue weighted by Gasteiger charge is -2.28. The number of nitrogens with two attached hydrogens (primary N) is 1. The van der Waals surface area contributed by atoms with E-state index >= 15 is 0 Å². The van der Waals surface area contributed by atoms with Crippen molar-refractivity contribution in [2.75, 3.05) is 6.54 Å². The predicted octanol–water partition coefficient (Wildman–Crippen LogP) is 4.31. The van der Waals surface area contributed by atoms with Gasteiger partial charge in [-0.25, -0.2) is 9.97 Å². The van der Waals surface area contributed by atoms with E-state index in [0.29, 0.717) is 24.7 Å². The standard InChI is InChI=1S/C26H30N4O/c27-18-20-11-13-22(14-12-20)26(31)30-24(17-19-7-3-1-4-8-19)25-28-16-15-23(29-25)21-9-5-2-6-10-21/h1-10,15-16,20,22,24H,11-14,17-18,27H2,(H,30,31)/t20?,22?,24-/m0/s1. The summed E-state index contributed by atoms with van der Waals surface area (Å²) >= 11 is 0. The van der Waals surface area contributed by atoms with E-state index in [1.165, 1.54) is 0 Å². The lowest BCUT2D eigenvalue weighted by Crippen LogP contribution is -2.38. The second kappa shape index (κ2) is 10.3. The van der Waals surface area contributed by atoms with Gasteiger partial charge in [-0.15, -0.1) is 0 Å². The van der Waals surface area contributed by atoms with Crippen molar-refractivity contribution in [2.45, 2.75) is 38.1 Å². The SMILES string of the molecule is NCC1CCC(C(=O)N[C@@H](Cc2ccccc2)c2nccc(-c3ccccc3)n2)CC1. The second-order valence-electron chi connectivity index (χ2n) is 8.37. The lowest BCUT2D eigenvalue weighted by atomic mass is 9.81. The molecule has 1 amide bonds. The average Bonchev–Trinajstić information content (AvgIpc) is 2.85. The van der Waals surface area contributed by atoms with Crippen molar-refractivity contribution in [3.05, 3.63) is 84.3 Å². The van der Waals surface area contributed by atoms with Gasteiger partial charge in [0.25, 0.3) is 0 Å². The number of aromatic nitrogens is 2. The van der Waals surface area contributed by atoms with Gasteiger partial charge in [-0.1, -0.05) is 60.7 Å². The van der Waals surface area contributed by atoms with Crippen LogP contribution in [0.1, 0.15) is 43.1 Å². The fourth-order valence-corrected chi connectivity index (χ4v) is 4.32. The van der Waals surface area contributed by atoms with Gasteiger partial charge in [-0.2, -0.15) is 0 Å². The quantitative estimate of drug-likeness (QED) is 0.604. The first-order valence-corrected chi connectivity index (χ1v) is 11.2. The molecule has 0 saturated heterocycles. The van der Waals surface area contributed by atoms with Crippen LogP contribution in [0.4, 0.5) is 0 Å². The third-order valence-corrected chi connectivity index (χ3v) is 6.21. The van der Waals surface area contributed by atoms with Crippen molar-refractivity contribution in [3.8, 4) is 11.3 Å². The number of rotatable bonds is 7. The van der Waals surface area contributed by atoms with E-state index in [1.54, 1.807) is 6.20 Å². The Morgan fingerprint density at radius 3 is 2.32 bits per heavy atom. The number of carbonyl (C=O) groups is 1. The fourth-order valence-electron chi connectivity index (χ4n) is 4.32. The van der Waals surface area contributed by atoms with E-state index in [2.05, 4.69) is 22.4 Å². The summed E-state index contributed by atoms with van der Waals surface area (Å²) in [6.45, 7) is 0.713. The predicted molar refractivity (Wildman–Crippen MR) is 123 cm³/mol. The molecule has 0 aliphatic heterocycles. The van der Waals surface area contributed by atoms with E-state index in [4.69, 9.17) is 10.7 Å². The molecule has 0 bridgehead atoms. The number of hydrogen-bond donors (Lipinski definition) is 2. The van der Waals surface area contributed by atoms with Gasteiger partial charge in [0.15, 0.2) is 5.82 Å². The number of carbonyl (C=O) groups excluding carboxylic acids is 1. The summed E-state index contributed by atoms with van der Waals surface area (Å²) in [5.74, 6) is 1.34. The van der Waals surface area contributed by atoms with Gasteiger partial charge in [0.1, 0.15) is 0 Å². The fraction of sp³-hybridized carbons (Fsp3) is 0.346. The highest BCUT2D eigenvalue weighted by Gasteiger charge is 2.28. The Bertz CT molecular complexity index is 969. The largest absolute Gasteiger partial charge is 0.345 e. The topological polar surface area (TPSA) is 80.9 Å². The number of nitrogens with one attached hydrogen (secondary N) is 1. The van der Waals surface area contributed by atoms with Crippen molar-refractivity contribution in [1.29, 1.82) is 0 Å². The van der Waals surface area contributed by atoms with Crippen molar-refractivity contribution in [3.63, 3.8) is 0 Å². The Kier molecular flexibility index (Phi) is 7.05. The maximum absolute atomic E-state index is 13.1. The molecule has 1 aliphatic carbocycles. The maximum atomic E-state index is 13.1. The number of benzene rings is 2. The van der Waals surface area contributed by atoms with E-state index in [-0.39, 0.29) is 17.9 Å². The molecule has 1 heterocycles. The van der Waals surface area contributed by atoms with Crippen LogP contribution in [0.15, 0.2) is 72.9 Å². The van der Waals surface area contributed by atoms with Crippen LogP contribution in [-0.2, 0) is 11.2 Å².